The van der Waals surface area contributed by atoms with Crippen LogP contribution in [0.15, 0.2) is 30.3 Å². The predicted octanol–water partition coefficient (Wildman–Crippen LogP) is 3.00. The van der Waals surface area contributed by atoms with E-state index >= 15 is 0 Å². The van der Waals surface area contributed by atoms with Crippen molar-refractivity contribution in [3.8, 4) is 0 Å². The van der Waals surface area contributed by atoms with Crippen LogP contribution in [0.4, 0.5) is 0 Å². The van der Waals surface area contributed by atoms with Crippen molar-refractivity contribution in [3.05, 3.63) is 35.9 Å². The maximum Gasteiger partial charge on any atom is 0.317 e. The molecule has 0 aliphatic heterocycles. The summed E-state index contributed by atoms with van der Waals surface area (Å²) in [5.74, 6) is -0.699. The first-order valence-electron chi connectivity index (χ1n) is 6.98. The molecule has 2 fully saturated rings. The van der Waals surface area contributed by atoms with Crippen molar-refractivity contribution in [1.82, 2.24) is 0 Å². The van der Waals surface area contributed by atoms with Crippen molar-refractivity contribution in [3.63, 3.8) is 0 Å². The molecule has 3 heteroatoms. The van der Waals surface area contributed by atoms with Crippen molar-refractivity contribution < 1.29 is 14.7 Å². The van der Waals surface area contributed by atoms with E-state index in [-0.39, 0.29) is 17.6 Å². The molecule has 3 unspecified atom stereocenters. The molecule has 1 aromatic carbocycles. The second-order valence-corrected chi connectivity index (χ2v) is 5.77. The molecule has 3 nitrogen and oxygen atoms in total. The van der Waals surface area contributed by atoms with E-state index in [0.29, 0.717) is 12.8 Å². The summed E-state index contributed by atoms with van der Waals surface area (Å²) in [5.41, 5.74) is 0.0742. The summed E-state index contributed by atoms with van der Waals surface area (Å²) in [6.07, 6.45) is 3.49. The highest BCUT2D eigenvalue weighted by Crippen LogP contribution is 2.60. The lowest BCUT2D eigenvalue weighted by Crippen LogP contribution is -2.44. The average Bonchev–Trinajstić information content (AvgIpc) is 3.21. The Labute approximate surface area is 112 Å². The van der Waals surface area contributed by atoms with Crippen LogP contribution < -0.4 is 0 Å². The van der Waals surface area contributed by atoms with Gasteiger partial charge in [-0.25, -0.2) is 0 Å². The number of hydrogen-bond donors (Lipinski definition) is 1. The van der Waals surface area contributed by atoms with Crippen molar-refractivity contribution in [2.45, 2.75) is 38.0 Å². The molecule has 0 bridgehead atoms. The molecule has 1 aromatic rings. The van der Waals surface area contributed by atoms with Crippen molar-refractivity contribution in [1.29, 1.82) is 0 Å². The van der Waals surface area contributed by atoms with Crippen LogP contribution in [0.2, 0.25) is 0 Å². The summed E-state index contributed by atoms with van der Waals surface area (Å²) in [4.78, 5) is 24.0. The minimum absolute atomic E-state index is 0.000185. The molecule has 0 spiro atoms. The minimum atomic E-state index is -1.10. The van der Waals surface area contributed by atoms with Crippen LogP contribution in [0.1, 0.15) is 43.6 Å². The molecule has 3 atom stereocenters. The number of Topliss-reactive ketones (excluding diaryl/α,β-unsaturated/α-hetero) is 1. The van der Waals surface area contributed by atoms with Gasteiger partial charge in [0.15, 0.2) is 0 Å². The monoisotopic (exact) mass is 258 g/mol. The zero-order chi connectivity index (χ0) is 13.5. The Morgan fingerprint density at radius 1 is 1.21 bits per heavy atom. The van der Waals surface area contributed by atoms with E-state index in [1.807, 2.05) is 30.3 Å². The molecule has 3 rings (SSSR count). The van der Waals surface area contributed by atoms with Gasteiger partial charge in [0.2, 0.25) is 0 Å². The smallest absolute Gasteiger partial charge is 0.317 e. The first-order valence-corrected chi connectivity index (χ1v) is 6.98. The number of carbonyl (C=O) groups is 2. The highest BCUT2D eigenvalue weighted by atomic mass is 16.4. The molecule has 0 radical (unpaired) electrons. The van der Waals surface area contributed by atoms with Gasteiger partial charge in [-0.2, -0.15) is 0 Å². The first kappa shape index (κ1) is 12.4. The average molecular weight is 258 g/mol. The molecule has 19 heavy (non-hydrogen) atoms. The largest absolute Gasteiger partial charge is 0.480 e. The van der Waals surface area contributed by atoms with Gasteiger partial charge >= 0.3 is 5.97 Å². The van der Waals surface area contributed by atoms with Gasteiger partial charge in [-0.1, -0.05) is 36.8 Å². The van der Waals surface area contributed by atoms with Gasteiger partial charge in [0.05, 0.1) is 0 Å². The number of benzene rings is 1. The highest BCUT2D eigenvalue weighted by Gasteiger charge is 2.61. The summed E-state index contributed by atoms with van der Waals surface area (Å²) in [5, 5.41) is 9.61. The number of carboxylic acids is 1. The zero-order valence-electron chi connectivity index (χ0n) is 10.8. The van der Waals surface area contributed by atoms with Crippen LogP contribution in [0.25, 0.3) is 0 Å². The van der Waals surface area contributed by atoms with Gasteiger partial charge in [0.25, 0.3) is 0 Å². The molecule has 0 saturated heterocycles. The lowest BCUT2D eigenvalue weighted by molar-refractivity contribution is -0.159. The second-order valence-electron chi connectivity index (χ2n) is 5.77. The first-order chi connectivity index (χ1) is 9.16. The number of carboxylic acid groups (broad SMARTS) is 1. The van der Waals surface area contributed by atoms with Crippen LogP contribution in [0, 0.1) is 11.3 Å². The Morgan fingerprint density at radius 2 is 1.95 bits per heavy atom. The van der Waals surface area contributed by atoms with E-state index in [2.05, 4.69) is 0 Å². The van der Waals surface area contributed by atoms with Gasteiger partial charge in [-0.3, -0.25) is 9.59 Å². The third-order valence-electron chi connectivity index (χ3n) is 4.76. The molecular formula is C16H18O3. The third-order valence-corrected chi connectivity index (χ3v) is 4.76. The summed E-state index contributed by atoms with van der Waals surface area (Å²) in [6.45, 7) is 0. The quantitative estimate of drug-likeness (QED) is 0.848. The zero-order valence-corrected chi connectivity index (χ0v) is 10.8. The number of aliphatic carboxylic acids is 1. The predicted molar refractivity (Wildman–Crippen MR) is 70.8 cm³/mol. The molecule has 100 valence electrons. The SMILES string of the molecule is O=C(O)C1(C2CC2c2ccccc2)CCCCC1=O. The maximum atomic E-state index is 12.2. The molecule has 2 saturated carbocycles. The van der Waals surface area contributed by atoms with Gasteiger partial charge in [-0.15, -0.1) is 0 Å². The number of hydrogen-bond acceptors (Lipinski definition) is 2. The number of ketones is 1. The van der Waals surface area contributed by atoms with Crippen LogP contribution in [0.5, 0.6) is 0 Å². The van der Waals surface area contributed by atoms with Crippen LogP contribution in [-0.4, -0.2) is 16.9 Å². The lowest BCUT2D eigenvalue weighted by atomic mass is 9.68. The minimum Gasteiger partial charge on any atom is -0.480 e. The van der Waals surface area contributed by atoms with Gasteiger partial charge in [-0.05, 0) is 36.7 Å². The maximum absolute atomic E-state index is 12.2. The van der Waals surface area contributed by atoms with E-state index in [0.717, 1.165) is 19.3 Å². The Balaban J connectivity index is 1.88. The Morgan fingerprint density at radius 3 is 2.58 bits per heavy atom. The van der Waals surface area contributed by atoms with E-state index < -0.39 is 11.4 Å². The molecule has 2 aliphatic carbocycles. The normalized spacial score (nSPS) is 34.0. The Hall–Kier alpha value is -1.64. The summed E-state index contributed by atoms with van der Waals surface area (Å²) < 4.78 is 0. The van der Waals surface area contributed by atoms with Crippen LogP contribution >= 0.6 is 0 Å². The topological polar surface area (TPSA) is 54.4 Å². The van der Waals surface area contributed by atoms with Crippen molar-refractivity contribution >= 4 is 11.8 Å². The number of rotatable bonds is 3. The van der Waals surface area contributed by atoms with E-state index in [4.69, 9.17) is 0 Å². The van der Waals surface area contributed by atoms with E-state index in [1.165, 1.54) is 5.56 Å². The van der Waals surface area contributed by atoms with E-state index in [9.17, 15) is 14.7 Å². The summed E-state index contributed by atoms with van der Waals surface area (Å²) in [6, 6.07) is 9.97. The van der Waals surface area contributed by atoms with E-state index in [1.54, 1.807) is 0 Å². The van der Waals surface area contributed by atoms with Crippen LogP contribution in [-0.2, 0) is 9.59 Å². The highest BCUT2D eigenvalue weighted by molar-refractivity contribution is 6.04. The van der Waals surface area contributed by atoms with Crippen molar-refractivity contribution in [2.24, 2.45) is 11.3 Å². The molecular weight excluding hydrogens is 240 g/mol. The molecule has 2 aliphatic rings. The summed E-state index contributed by atoms with van der Waals surface area (Å²) in [7, 11) is 0. The molecule has 0 heterocycles. The fourth-order valence-corrected chi connectivity index (χ4v) is 3.64. The third kappa shape index (κ3) is 1.88. The fraction of sp³-hybridized carbons (Fsp3) is 0.500. The lowest BCUT2D eigenvalue weighted by Gasteiger charge is -2.32. The Kier molecular flexibility index (Phi) is 2.92. The van der Waals surface area contributed by atoms with Gasteiger partial charge in [0.1, 0.15) is 11.2 Å². The van der Waals surface area contributed by atoms with Crippen LogP contribution in [0.3, 0.4) is 0 Å². The second kappa shape index (κ2) is 4.48. The molecule has 1 N–H and O–H groups in total. The fourth-order valence-electron chi connectivity index (χ4n) is 3.64. The molecule has 0 aromatic heterocycles. The van der Waals surface area contributed by atoms with Gasteiger partial charge < -0.3 is 5.11 Å². The Bertz CT molecular complexity index is 508. The molecule has 0 amide bonds. The standard InChI is InChI=1S/C16H18O3/c17-14-8-4-5-9-16(14,15(18)19)13-10-12(13)11-6-2-1-3-7-11/h1-3,6-7,12-13H,4-5,8-10H2,(H,18,19). The van der Waals surface area contributed by atoms with Gasteiger partial charge in [0, 0.05) is 6.42 Å². The number of carbonyl (C=O) groups excluding carboxylic acids is 1. The summed E-state index contributed by atoms with van der Waals surface area (Å²) >= 11 is 0. The van der Waals surface area contributed by atoms with Crippen molar-refractivity contribution in [2.75, 3.05) is 0 Å².